The number of hydrogen-bond donors (Lipinski definition) is 3. The lowest BCUT2D eigenvalue weighted by atomic mass is 10.1. The number of aliphatic imine (C=N–C) groups is 1. The lowest BCUT2D eigenvalue weighted by molar-refractivity contribution is -0.0504. The maximum absolute atomic E-state index is 12.7. The lowest BCUT2D eigenvalue weighted by Gasteiger charge is -2.15. The number of hydrogen-bond acceptors (Lipinski definition) is 5. The molecule has 0 aliphatic rings. The van der Waals surface area contributed by atoms with Gasteiger partial charge in [0.25, 0.3) is 0 Å². The molecular formula is C21H24F2N6O2. The van der Waals surface area contributed by atoms with Crippen LogP contribution in [0, 0.1) is 0 Å². The van der Waals surface area contributed by atoms with E-state index in [1.54, 1.807) is 12.1 Å². The van der Waals surface area contributed by atoms with E-state index in [9.17, 15) is 8.78 Å². The SMILES string of the molecule is CCNC(=NCc1cccc(-c2ncn[nH]2)c1)NCc1cc(OC)ccc1OC(F)F. The molecule has 0 amide bonds. The zero-order chi connectivity index (χ0) is 22.1. The van der Waals surface area contributed by atoms with Crippen LogP contribution >= 0.6 is 0 Å². The van der Waals surface area contributed by atoms with Crippen LogP contribution < -0.4 is 20.1 Å². The molecule has 31 heavy (non-hydrogen) atoms. The molecule has 0 fully saturated rings. The Balaban J connectivity index is 1.72. The van der Waals surface area contributed by atoms with Crippen molar-refractivity contribution in [2.45, 2.75) is 26.6 Å². The molecule has 0 atom stereocenters. The Kier molecular flexibility index (Phi) is 7.74. The fourth-order valence-corrected chi connectivity index (χ4v) is 2.88. The molecule has 0 aliphatic carbocycles. The molecule has 0 saturated carbocycles. The van der Waals surface area contributed by atoms with Crippen LogP contribution in [0.5, 0.6) is 11.5 Å². The quantitative estimate of drug-likeness (QED) is 0.356. The van der Waals surface area contributed by atoms with Crippen LogP contribution in [0.4, 0.5) is 8.78 Å². The van der Waals surface area contributed by atoms with Gasteiger partial charge in [0.15, 0.2) is 11.8 Å². The van der Waals surface area contributed by atoms with Gasteiger partial charge in [-0.3, -0.25) is 5.10 Å². The first-order valence-corrected chi connectivity index (χ1v) is 9.67. The standard InChI is InChI=1S/C21H24F2N6O2/c1-3-24-21(25-11-14-5-4-6-15(9-14)19-27-13-28-29-19)26-12-16-10-17(30-2)7-8-18(16)31-20(22)23/h4-10,13,20H,3,11-12H2,1-2H3,(H2,24,25,26)(H,27,28,29). The largest absolute Gasteiger partial charge is 0.497 e. The zero-order valence-electron chi connectivity index (χ0n) is 17.2. The van der Waals surface area contributed by atoms with Crippen LogP contribution in [0.1, 0.15) is 18.1 Å². The number of aromatic amines is 1. The minimum Gasteiger partial charge on any atom is -0.497 e. The van der Waals surface area contributed by atoms with E-state index in [0.29, 0.717) is 36.2 Å². The molecule has 0 radical (unpaired) electrons. The first kappa shape index (κ1) is 22.0. The van der Waals surface area contributed by atoms with E-state index in [1.165, 1.54) is 19.5 Å². The molecule has 1 aromatic heterocycles. The molecule has 0 saturated heterocycles. The third-order valence-electron chi connectivity index (χ3n) is 4.31. The number of aromatic nitrogens is 3. The number of guanidine groups is 1. The Morgan fingerprint density at radius 3 is 2.77 bits per heavy atom. The van der Waals surface area contributed by atoms with Gasteiger partial charge in [0.2, 0.25) is 0 Å². The number of methoxy groups -OCH3 is 1. The number of rotatable bonds is 9. The topological polar surface area (TPSA) is 96.5 Å². The van der Waals surface area contributed by atoms with E-state index in [0.717, 1.165) is 11.1 Å². The van der Waals surface area contributed by atoms with Gasteiger partial charge in [-0.15, -0.1) is 0 Å². The smallest absolute Gasteiger partial charge is 0.387 e. The van der Waals surface area contributed by atoms with Gasteiger partial charge in [-0.1, -0.05) is 18.2 Å². The fraction of sp³-hybridized carbons (Fsp3) is 0.286. The Labute approximate surface area is 178 Å². The molecule has 3 N–H and O–H groups in total. The highest BCUT2D eigenvalue weighted by Gasteiger charge is 2.12. The molecule has 3 rings (SSSR count). The van der Waals surface area contributed by atoms with Crippen molar-refractivity contribution in [3.8, 4) is 22.9 Å². The molecule has 2 aromatic carbocycles. The first-order valence-electron chi connectivity index (χ1n) is 9.67. The summed E-state index contributed by atoms with van der Waals surface area (Å²) in [4.78, 5) is 8.74. The third-order valence-corrected chi connectivity index (χ3v) is 4.31. The molecule has 3 aromatic rings. The number of halogens is 2. The Morgan fingerprint density at radius 1 is 1.19 bits per heavy atom. The fourth-order valence-electron chi connectivity index (χ4n) is 2.88. The molecule has 164 valence electrons. The average Bonchev–Trinajstić information content (AvgIpc) is 3.31. The molecule has 0 bridgehead atoms. The molecule has 10 heteroatoms. The van der Waals surface area contributed by atoms with Gasteiger partial charge in [0.05, 0.1) is 13.7 Å². The van der Waals surface area contributed by atoms with Crippen LogP contribution in [0.15, 0.2) is 53.8 Å². The highest BCUT2D eigenvalue weighted by atomic mass is 19.3. The van der Waals surface area contributed by atoms with Crippen LogP contribution in [-0.4, -0.2) is 41.4 Å². The van der Waals surface area contributed by atoms with Crippen molar-refractivity contribution in [2.24, 2.45) is 4.99 Å². The summed E-state index contributed by atoms with van der Waals surface area (Å²) in [5.74, 6) is 1.85. The van der Waals surface area contributed by atoms with E-state index in [1.807, 2.05) is 31.2 Å². The summed E-state index contributed by atoms with van der Waals surface area (Å²) in [7, 11) is 1.51. The van der Waals surface area contributed by atoms with Gasteiger partial charge in [0.1, 0.15) is 17.8 Å². The highest BCUT2D eigenvalue weighted by Crippen LogP contribution is 2.25. The van der Waals surface area contributed by atoms with E-state index < -0.39 is 6.61 Å². The van der Waals surface area contributed by atoms with E-state index in [2.05, 4.69) is 35.5 Å². The summed E-state index contributed by atoms with van der Waals surface area (Å²) in [6.07, 6.45) is 1.46. The number of H-pyrrole nitrogens is 1. The van der Waals surface area contributed by atoms with Crippen LogP contribution in [0.3, 0.4) is 0 Å². The monoisotopic (exact) mass is 430 g/mol. The average molecular weight is 430 g/mol. The van der Waals surface area contributed by atoms with Crippen molar-refractivity contribution in [3.63, 3.8) is 0 Å². The van der Waals surface area contributed by atoms with Gasteiger partial charge < -0.3 is 20.1 Å². The second-order valence-electron chi connectivity index (χ2n) is 6.44. The Hall–Kier alpha value is -3.69. The van der Waals surface area contributed by atoms with Crippen molar-refractivity contribution < 1.29 is 18.3 Å². The van der Waals surface area contributed by atoms with Crippen LogP contribution in [0.25, 0.3) is 11.4 Å². The van der Waals surface area contributed by atoms with Gasteiger partial charge >= 0.3 is 6.61 Å². The number of ether oxygens (including phenoxy) is 2. The van der Waals surface area contributed by atoms with Gasteiger partial charge in [0, 0.05) is 24.2 Å². The van der Waals surface area contributed by atoms with Gasteiger partial charge in [-0.05, 0) is 36.8 Å². The summed E-state index contributed by atoms with van der Waals surface area (Å²) in [5, 5.41) is 13.0. The maximum atomic E-state index is 12.7. The van der Waals surface area contributed by atoms with E-state index >= 15 is 0 Å². The molecule has 0 spiro atoms. The normalized spacial score (nSPS) is 11.5. The first-order chi connectivity index (χ1) is 15.1. The molecule has 1 heterocycles. The number of alkyl halides is 2. The number of nitrogens with one attached hydrogen (secondary N) is 3. The number of nitrogens with zero attached hydrogens (tertiary/aromatic N) is 3. The van der Waals surface area contributed by atoms with Crippen LogP contribution in [-0.2, 0) is 13.1 Å². The summed E-state index contributed by atoms with van der Waals surface area (Å²) in [6.45, 7) is 0.311. The highest BCUT2D eigenvalue weighted by molar-refractivity contribution is 5.79. The second kappa shape index (κ2) is 10.9. The van der Waals surface area contributed by atoms with E-state index in [4.69, 9.17) is 4.74 Å². The van der Waals surface area contributed by atoms with Gasteiger partial charge in [-0.2, -0.15) is 13.9 Å². The minimum atomic E-state index is -2.91. The Morgan fingerprint density at radius 2 is 2.06 bits per heavy atom. The molecule has 0 aliphatic heterocycles. The van der Waals surface area contributed by atoms with Crippen LogP contribution in [0.2, 0.25) is 0 Å². The Bertz CT molecular complexity index is 995. The predicted molar refractivity (Wildman–Crippen MR) is 113 cm³/mol. The zero-order valence-corrected chi connectivity index (χ0v) is 17.2. The van der Waals surface area contributed by atoms with E-state index in [-0.39, 0.29) is 12.3 Å². The second-order valence-corrected chi connectivity index (χ2v) is 6.44. The summed E-state index contributed by atoms with van der Waals surface area (Å²) < 4.78 is 35.2. The minimum absolute atomic E-state index is 0.0823. The summed E-state index contributed by atoms with van der Waals surface area (Å²) in [6, 6.07) is 12.5. The van der Waals surface area contributed by atoms with Crippen molar-refractivity contribution in [1.82, 2.24) is 25.8 Å². The number of benzene rings is 2. The molecular weight excluding hydrogens is 406 g/mol. The van der Waals surface area contributed by atoms with Crippen molar-refractivity contribution in [1.29, 1.82) is 0 Å². The molecule has 8 nitrogen and oxygen atoms in total. The summed E-state index contributed by atoms with van der Waals surface area (Å²) >= 11 is 0. The maximum Gasteiger partial charge on any atom is 0.387 e. The summed E-state index contributed by atoms with van der Waals surface area (Å²) in [5.41, 5.74) is 2.42. The molecule has 0 unspecified atom stereocenters. The predicted octanol–water partition coefficient (Wildman–Crippen LogP) is 3.34. The van der Waals surface area contributed by atoms with Crippen molar-refractivity contribution in [2.75, 3.05) is 13.7 Å². The lowest BCUT2D eigenvalue weighted by Crippen LogP contribution is -2.36. The third kappa shape index (κ3) is 6.39. The van der Waals surface area contributed by atoms with Crippen molar-refractivity contribution in [3.05, 3.63) is 59.9 Å². The van der Waals surface area contributed by atoms with Gasteiger partial charge in [-0.25, -0.2) is 9.98 Å². The van der Waals surface area contributed by atoms with Crippen molar-refractivity contribution >= 4 is 5.96 Å².